The van der Waals surface area contributed by atoms with Gasteiger partial charge in [-0.15, -0.1) is 0 Å². The fourth-order valence-electron chi connectivity index (χ4n) is 1.11. The van der Waals surface area contributed by atoms with E-state index in [-0.39, 0.29) is 6.10 Å². The summed E-state index contributed by atoms with van der Waals surface area (Å²) >= 11 is 0. The van der Waals surface area contributed by atoms with Crippen LogP contribution in [0.5, 0.6) is 0 Å². The van der Waals surface area contributed by atoms with Crippen molar-refractivity contribution in [1.82, 2.24) is 0 Å². The van der Waals surface area contributed by atoms with Crippen molar-refractivity contribution < 1.29 is 9.84 Å². The van der Waals surface area contributed by atoms with Gasteiger partial charge in [0.2, 0.25) is 0 Å². The smallest absolute Gasteiger partial charge is 0.0563 e. The summed E-state index contributed by atoms with van der Waals surface area (Å²) in [5.41, 5.74) is 0. The number of unbranched alkanes of at least 4 members (excludes halogenated alkanes) is 2. The molecule has 0 amide bonds. The van der Waals surface area contributed by atoms with Crippen molar-refractivity contribution in [2.24, 2.45) is 5.92 Å². The highest BCUT2D eigenvalue weighted by molar-refractivity contribution is 4.59. The fourth-order valence-corrected chi connectivity index (χ4v) is 1.11. The number of aliphatic hydroxyl groups excluding tert-OH is 1. The van der Waals surface area contributed by atoms with E-state index in [0.717, 1.165) is 32.3 Å². The minimum absolute atomic E-state index is 0.118. The Morgan fingerprint density at radius 2 is 1.83 bits per heavy atom. The highest BCUT2D eigenvalue weighted by Gasteiger charge is 2.07. The molecule has 0 radical (unpaired) electrons. The quantitative estimate of drug-likeness (QED) is 0.600. The highest BCUT2D eigenvalue weighted by atomic mass is 16.5. The van der Waals surface area contributed by atoms with Crippen LogP contribution in [0.4, 0.5) is 0 Å². The zero-order chi connectivity index (χ0) is 9.40. The SMILES string of the molecule is COCCCCCC(O)C(C)C. The Balaban J connectivity index is 3.08. The lowest BCUT2D eigenvalue weighted by Crippen LogP contribution is -2.14. The van der Waals surface area contributed by atoms with Crippen LogP contribution in [0.3, 0.4) is 0 Å². The van der Waals surface area contributed by atoms with Crippen LogP contribution in [0.15, 0.2) is 0 Å². The normalized spacial score (nSPS) is 13.8. The molecule has 1 atom stereocenters. The predicted octanol–water partition coefficient (Wildman–Crippen LogP) is 2.21. The van der Waals surface area contributed by atoms with E-state index in [1.54, 1.807) is 7.11 Å². The van der Waals surface area contributed by atoms with Crippen molar-refractivity contribution in [3.05, 3.63) is 0 Å². The number of rotatable bonds is 7. The second-order valence-corrected chi connectivity index (χ2v) is 3.65. The van der Waals surface area contributed by atoms with E-state index in [1.165, 1.54) is 0 Å². The molecule has 0 fully saturated rings. The van der Waals surface area contributed by atoms with Gasteiger partial charge in [0.1, 0.15) is 0 Å². The maximum atomic E-state index is 9.45. The van der Waals surface area contributed by atoms with Gasteiger partial charge in [0.25, 0.3) is 0 Å². The van der Waals surface area contributed by atoms with E-state index in [9.17, 15) is 5.11 Å². The number of hydrogen-bond acceptors (Lipinski definition) is 2. The molecule has 0 rings (SSSR count). The second kappa shape index (κ2) is 7.56. The van der Waals surface area contributed by atoms with Crippen molar-refractivity contribution in [1.29, 1.82) is 0 Å². The molecule has 2 nitrogen and oxygen atoms in total. The monoisotopic (exact) mass is 174 g/mol. The summed E-state index contributed by atoms with van der Waals surface area (Å²) in [7, 11) is 1.73. The Labute approximate surface area is 75.9 Å². The molecule has 0 aliphatic heterocycles. The molecule has 1 unspecified atom stereocenters. The number of aliphatic hydroxyl groups is 1. The predicted molar refractivity (Wildman–Crippen MR) is 51.2 cm³/mol. The minimum atomic E-state index is -0.118. The molecule has 12 heavy (non-hydrogen) atoms. The molecule has 0 aromatic carbocycles. The van der Waals surface area contributed by atoms with E-state index >= 15 is 0 Å². The molecule has 0 aliphatic rings. The van der Waals surface area contributed by atoms with Crippen LogP contribution in [-0.4, -0.2) is 24.9 Å². The Morgan fingerprint density at radius 3 is 2.33 bits per heavy atom. The van der Waals surface area contributed by atoms with E-state index in [0.29, 0.717) is 5.92 Å². The van der Waals surface area contributed by atoms with Crippen LogP contribution in [0.25, 0.3) is 0 Å². The van der Waals surface area contributed by atoms with Gasteiger partial charge in [0.15, 0.2) is 0 Å². The van der Waals surface area contributed by atoms with E-state index in [4.69, 9.17) is 4.74 Å². The van der Waals surface area contributed by atoms with Gasteiger partial charge in [-0.3, -0.25) is 0 Å². The van der Waals surface area contributed by atoms with Gasteiger partial charge < -0.3 is 9.84 Å². The Kier molecular flexibility index (Phi) is 7.51. The summed E-state index contributed by atoms with van der Waals surface area (Å²) in [4.78, 5) is 0. The molecule has 0 aliphatic carbocycles. The number of hydrogen-bond donors (Lipinski definition) is 1. The van der Waals surface area contributed by atoms with Gasteiger partial charge in [0, 0.05) is 13.7 Å². The van der Waals surface area contributed by atoms with E-state index < -0.39 is 0 Å². The molecule has 0 saturated carbocycles. The summed E-state index contributed by atoms with van der Waals surface area (Å²) in [5.74, 6) is 0.396. The number of methoxy groups -OCH3 is 1. The first kappa shape index (κ1) is 11.9. The third-order valence-electron chi connectivity index (χ3n) is 2.12. The largest absolute Gasteiger partial charge is 0.393 e. The van der Waals surface area contributed by atoms with Gasteiger partial charge in [-0.2, -0.15) is 0 Å². The lowest BCUT2D eigenvalue weighted by atomic mass is 10.0. The van der Waals surface area contributed by atoms with Crippen molar-refractivity contribution in [2.45, 2.75) is 45.6 Å². The Morgan fingerprint density at radius 1 is 1.17 bits per heavy atom. The molecule has 74 valence electrons. The molecule has 0 aromatic rings. The maximum absolute atomic E-state index is 9.45. The van der Waals surface area contributed by atoms with Crippen molar-refractivity contribution in [3.63, 3.8) is 0 Å². The number of ether oxygens (including phenoxy) is 1. The van der Waals surface area contributed by atoms with Crippen LogP contribution < -0.4 is 0 Å². The third-order valence-corrected chi connectivity index (χ3v) is 2.12. The first-order chi connectivity index (χ1) is 5.68. The zero-order valence-corrected chi connectivity index (χ0v) is 8.55. The van der Waals surface area contributed by atoms with E-state index in [1.807, 2.05) is 0 Å². The molecule has 0 aromatic heterocycles. The lowest BCUT2D eigenvalue weighted by molar-refractivity contribution is 0.111. The summed E-state index contributed by atoms with van der Waals surface area (Å²) in [6.45, 7) is 4.96. The average Bonchev–Trinajstić information content (AvgIpc) is 2.03. The standard InChI is InChI=1S/C10H22O2/c1-9(2)10(11)7-5-4-6-8-12-3/h9-11H,4-8H2,1-3H3. The molecule has 0 saturated heterocycles. The molecule has 0 spiro atoms. The van der Waals surface area contributed by atoms with E-state index in [2.05, 4.69) is 13.8 Å². The molecule has 0 bridgehead atoms. The second-order valence-electron chi connectivity index (χ2n) is 3.65. The van der Waals surface area contributed by atoms with Gasteiger partial charge in [-0.25, -0.2) is 0 Å². The topological polar surface area (TPSA) is 29.5 Å². The lowest BCUT2D eigenvalue weighted by Gasteiger charge is -2.13. The minimum Gasteiger partial charge on any atom is -0.393 e. The maximum Gasteiger partial charge on any atom is 0.0563 e. The van der Waals surface area contributed by atoms with Crippen LogP contribution in [0, 0.1) is 5.92 Å². The fraction of sp³-hybridized carbons (Fsp3) is 1.00. The van der Waals surface area contributed by atoms with Gasteiger partial charge in [-0.05, 0) is 18.8 Å². The van der Waals surface area contributed by atoms with Gasteiger partial charge in [-0.1, -0.05) is 26.7 Å². The summed E-state index contributed by atoms with van der Waals surface area (Å²) in [6, 6.07) is 0. The summed E-state index contributed by atoms with van der Waals surface area (Å²) < 4.78 is 4.93. The molecule has 1 N–H and O–H groups in total. The van der Waals surface area contributed by atoms with Crippen LogP contribution in [-0.2, 0) is 4.74 Å². The highest BCUT2D eigenvalue weighted by Crippen LogP contribution is 2.10. The van der Waals surface area contributed by atoms with Crippen LogP contribution >= 0.6 is 0 Å². The molecule has 0 heterocycles. The van der Waals surface area contributed by atoms with Gasteiger partial charge in [0.05, 0.1) is 6.10 Å². The summed E-state index contributed by atoms with van der Waals surface area (Å²) in [5, 5.41) is 9.45. The molecular formula is C10H22O2. The van der Waals surface area contributed by atoms with Crippen molar-refractivity contribution >= 4 is 0 Å². The molecule has 2 heteroatoms. The Bertz CT molecular complexity index is 91.8. The Hall–Kier alpha value is -0.0800. The van der Waals surface area contributed by atoms with Crippen LogP contribution in [0.1, 0.15) is 39.5 Å². The van der Waals surface area contributed by atoms with Gasteiger partial charge >= 0.3 is 0 Å². The average molecular weight is 174 g/mol. The van der Waals surface area contributed by atoms with Crippen molar-refractivity contribution in [3.8, 4) is 0 Å². The first-order valence-corrected chi connectivity index (χ1v) is 4.85. The third kappa shape index (κ3) is 6.62. The van der Waals surface area contributed by atoms with Crippen LogP contribution in [0.2, 0.25) is 0 Å². The van der Waals surface area contributed by atoms with Crippen molar-refractivity contribution in [2.75, 3.05) is 13.7 Å². The first-order valence-electron chi connectivity index (χ1n) is 4.85. The zero-order valence-electron chi connectivity index (χ0n) is 8.55. The molecular weight excluding hydrogens is 152 g/mol. The summed E-state index contributed by atoms with van der Waals surface area (Å²) in [6.07, 6.45) is 4.20.